The second kappa shape index (κ2) is 2.66. The summed E-state index contributed by atoms with van der Waals surface area (Å²) in [6, 6.07) is 11.1. The molecule has 0 bridgehead atoms. The van der Waals surface area contributed by atoms with E-state index in [2.05, 4.69) is 6.07 Å². The van der Waals surface area contributed by atoms with Crippen molar-refractivity contribution in [1.82, 2.24) is 0 Å². The van der Waals surface area contributed by atoms with E-state index in [4.69, 9.17) is 10.5 Å². The van der Waals surface area contributed by atoms with E-state index in [9.17, 15) is 0 Å². The van der Waals surface area contributed by atoms with E-state index in [1.54, 1.807) is 12.1 Å². The Balaban J connectivity index is 3.17. The van der Waals surface area contributed by atoms with Crippen LogP contribution in [0.25, 0.3) is 0 Å². The molecule has 0 unspecified atom stereocenters. The molecule has 0 heterocycles. The summed E-state index contributed by atoms with van der Waals surface area (Å²) in [4.78, 5) is 0. The van der Waals surface area contributed by atoms with E-state index in [1.807, 2.05) is 12.1 Å². The van der Waals surface area contributed by atoms with Crippen LogP contribution in [0.15, 0.2) is 18.2 Å². The van der Waals surface area contributed by atoms with Crippen molar-refractivity contribution in [2.75, 3.05) is 0 Å². The van der Waals surface area contributed by atoms with Gasteiger partial charge in [0.1, 0.15) is 0 Å². The first kappa shape index (κ1) is 6.32. The molecule has 0 saturated carbocycles. The fourth-order valence-electron chi connectivity index (χ4n) is 0.601. The van der Waals surface area contributed by atoms with Crippen LogP contribution in [0.5, 0.6) is 0 Å². The fraction of sp³-hybridized carbons (Fsp3) is 0. The fourth-order valence-corrected chi connectivity index (χ4v) is 0.601. The van der Waals surface area contributed by atoms with E-state index in [0.29, 0.717) is 11.1 Å². The first-order valence-corrected chi connectivity index (χ1v) is 2.68. The van der Waals surface area contributed by atoms with E-state index in [-0.39, 0.29) is 0 Å². The molecule has 0 atom stereocenters. The molecule has 0 amide bonds. The Morgan fingerprint density at radius 1 is 1.10 bits per heavy atom. The second-order valence-electron chi connectivity index (χ2n) is 1.73. The Labute approximate surface area is 58.9 Å². The maximum absolute atomic E-state index is 8.38. The van der Waals surface area contributed by atoms with Gasteiger partial charge in [0, 0.05) is 0 Å². The summed E-state index contributed by atoms with van der Waals surface area (Å²) in [5.41, 5.74) is 0.943. The summed E-state index contributed by atoms with van der Waals surface area (Å²) >= 11 is 0. The summed E-state index contributed by atoms with van der Waals surface area (Å²) in [5, 5.41) is 16.8. The summed E-state index contributed by atoms with van der Waals surface area (Å²) in [6.45, 7) is 0. The van der Waals surface area contributed by atoms with Gasteiger partial charge in [0.15, 0.2) is 0 Å². The smallest absolute Gasteiger partial charge is 0.0992 e. The quantitative estimate of drug-likeness (QED) is 0.526. The van der Waals surface area contributed by atoms with Gasteiger partial charge in [-0.2, -0.15) is 10.5 Å². The predicted octanol–water partition coefficient (Wildman–Crippen LogP) is 1.23. The van der Waals surface area contributed by atoms with Crippen molar-refractivity contribution in [3.05, 3.63) is 35.4 Å². The number of nitrogens with zero attached hydrogens (tertiary/aromatic N) is 2. The largest absolute Gasteiger partial charge is 0.192 e. The zero-order chi connectivity index (χ0) is 7.40. The first-order valence-electron chi connectivity index (χ1n) is 2.68. The maximum Gasteiger partial charge on any atom is 0.0992 e. The van der Waals surface area contributed by atoms with Gasteiger partial charge in [0.05, 0.1) is 23.3 Å². The number of benzene rings is 1. The van der Waals surface area contributed by atoms with Crippen LogP contribution in [-0.4, -0.2) is 0 Å². The van der Waals surface area contributed by atoms with Crippen molar-refractivity contribution < 1.29 is 0 Å². The minimum absolute atomic E-state index is 0.471. The third-order valence-electron chi connectivity index (χ3n) is 1.05. The molecule has 0 spiro atoms. The lowest BCUT2D eigenvalue weighted by Gasteiger charge is -1.85. The molecule has 0 aromatic heterocycles. The van der Waals surface area contributed by atoms with Crippen LogP contribution < -0.4 is 0 Å². The van der Waals surface area contributed by atoms with E-state index >= 15 is 0 Å². The average Bonchev–Trinajstić information content (AvgIpc) is 2.05. The summed E-state index contributed by atoms with van der Waals surface area (Å²) in [5.74, 6) is 0. The van der Waals surface area contributed by atoms with Crippen molar-refractivity contribution in [3.8, 4) is 12.1 Å². The molecule has 0 aliphatic carbocycles. The summed E-state index contributed by atoms with van der Waals surface area (Å²) in [7, 11) is 0. The van der Waals surface area contributed by atoms with Gasteiger partial charge in [-0.1, -0.05) is 0 Å². The highest BCUT2D eigenvalue weighted by Gasteiger charge is 1.90. The van der Waals surface area contributed by atoms with Crippen LogP contribution in [0, 0.1) is 28.7 Å². The van der Waals surface area contributed by atoms with Gasteiger partial charge < -0.3 is 0 Å². The monoisotopic (exact) mass is 127 g/mol. The molecule has 1 aromatic carbocycles. The summed E-state index contributed by atoms with van der Waals surface area (Å²) < 4.78 is 0. The Morgan fingerprint density at radius 2 is 1.60 bits per heavy atom. The highest BCUT2D eigenvalue weighted by molar-refractivity contribution is 5.37. The number of rotatable bonds is 0. The molecule has 2 heteroatoms. The van der Waals surface area contributed by atoms with Gasteiger partial charge in [-0.3, -0.25) is 0 Å². The molecule has 0 N–H and O–H groups in total. The summed E-state index contributed by atoms with van der Waals surface area (Å²) in [6.07, 6.45) is 0. The topological polar surface area (TPSA) is 47.6 Å². The highest BCUT2D eigenvalue weighted by Crippen LogP contribution is 2.00. The van der Waals surface area contributed by atoms with Crippen molar-refractivity contribution >= 4 is 0 Å². The van der Waals surface area contributed by atoms with Gasteiger partial charge in [-0.25, -0.2) is 0 Å². The molecule has 0 aliphatic heterocycles. The highest BCUT2D eigenvalue weighted by atomic mass is 14.2. The number of nitriles is 2. The molecule has 0 aliphatic rings. The van der Waals surface area contributed by atoms with Gasteiger partial charge >= 0.3 is 0 Å². The maximum atomic E-state index is 8.38. The third kappa shape index (κ3) is 1.13. The Kier molecular flexibility index (Phi) is 1.68. The lowest BCUT2D eigenvalue weighted by atomic mass is 10.2. The second-order valence-corrected chi connectivity index (χ2v) is 1.73. The lowest BCUT2D eigenvalue weighted by Crippen LogP contribution is -1.76. The molecule has 1 aromatic rings. The Bertz CT molecular complexity index is 286. The van der Waals surface area contributed by atoms with Crippen LogP contribution in [0.2, 0.25) is 0 Å². The van der Waals surface area contributed by atoms with Crippen molar-refractivity contribution in [2.24, 2.45) is 0 Å². The van der Waals surface area contributed by atoms with Crippen LogP contribution in [-0.2, 0) is 0 Å². The molecule has 0 fully saturated rings. The van der Waals surface area contributed by atoms with Crippen molar-refractivity contribution in [3.63, 3.8) is 0 Å². The van der Waals surface area contributed by atoms with Gasteiger partial charge in [-0.05, 0) is 24.3 Å². The Morgan fingerprint density at radius 3 is 2.00 bits per heavy atom. The number of hydrogen-bond acceptors (Lipinski definition) is 2. The van der Waals surface area contributed by atoms with Crippen molar-refractivity contribution in [1.29, 1.82) is 10.5 Å². The van der Waals surface area contributed by atoms with Crippen LogP contribution >= 0.6 is 0 Å². The van der Waals surface area contributed by atoms with E-state index < -0.39 is 0 Å². The average molecular weight is 127 g/mol. The van der Waals surface area contributed by atoms with Crippen LogP contribution in [0.4, 0.5) is 0 Å². The molecular formula is C8H3N2. The minimum Gasteiger partial charge on any atom is -0.192 e. The Hall–Kier alpha value is -1.80. The molecule has 0 saturated heterocycles. The van der Waals surface area contributed by atoms with Gasteiger partial charge in [-0.15, -0.1) is 0 Å². The van der Waals surface area contributed by atoms with E-state index in [1.165, 1.54) is 6.07 Å². The first-order chi connectivity index (χ1) is 4.86. The standard InChI is InChI=1S/C8H3N2/c9-5-7-2-1-3-8(4-7)6-10/h2-4H. The third-order valence-corrected chi connectivity index (χ3v) is 1.05. The van der Waals surface area contributed by atoms with Crippen LogP contribution in [0.3, 0.4) is 0 Å². The lowest BCUT2D eigenvalue weighted by molar-refractivity contribution is 1.44. The number of hydrogen-bond donors (Lipinski definition) is 0. The molecule has 45 valence electrons. The zero-order valence-corrected chi connectivity index (χ0v) is 5.13. The van der Waals surface area contributed by atoms with E-state index in [0.717, 1.165) is 0 Å². The predicted molar refractivity (Wildman–Crippen MR) is 34.7 cm³/mol. The van der Waals surface area contributed by atoms with Gasteiger partial charge in [0.2, 0.25) is 0 Å². The normalized spacial score (nSPS) is 7.80. The minimum atomic E-state index is 0.471. The SMILES string of the molecule is N#Cc1c[c]cc(C#N)c1. The molecule has 10 heavy (non-hydrogen) atoms. The molecule has 1 rings (SSSR count). The van der Waals surface area contributed by atoms with Gasteiger partial charge in [0.25, 0.3) is 0 Å². The molecule has 1 radical (unpaired) electrons. The van der Waals surface area contributed by atoms with Crippen LogP contribution in [0.1, 0.15) is 11.1 Å². The zero-order valence-electron chi connectivity index (χ0n) is 5.13. The molecule has 2 nitrogen and oxygen atoms in total. The van der Waals surface area contributed by atoms with Crippen molar-refractivity contribution in [2.45, 2.75) is 0 Å². The molecular weight excluding hydrogens is 124 g/mol.